The number of amides is 2. The van der Waals surface area contributed by atoms with Crippen LogP contribution in [0.4, 0.5) is 5.69 Å². The van der Waals surface area contributed by atoms with Gasteiger partial charge in [0.15, 0.2) is 0 Å². The van der Waals surface area contributed by atoms with Crippen molar-refractivity contribution in [2.75, 3.05) is 18.4 Å². The van der Waals surface area contributed by atoms with E-state index in [1.54, 1.807) is 24.3 Å². The summed E-state index contributed by atoms with van der Waals surface area (Å²) in [5, 5.41) is 2.83. The normalized spacial score (nSPS) is 15.1. The maximum Gasteiger partial charge on any atom is 0.253 e. The van der Waals surface area contributed by atoms with E-state index >= 15 is 0 Å². The lowest BCUT2D eigenvalue weighted by molar-refractivity contribution is -0.117. The molecule has 2 aromatic rings. The lowest BCUT2D eigenvalue weighted by Crippen LogP contribution is -2.37. The fourth-order valence-electron chi connectivity index (χ4n) is 3.35. The summed E-state index contributed by atoms with van der Waals surface area (Å²) in [5.41, 5.74) is 8.35. The molecule has 6 heteroatoms. The van der Waals surface area contributed by atoms with Crippen LogP contribution >= 0.6 is 12.4 Å². The summed E-state index contributed by atoms with van der Waals surface area (Å²) >= 11 is 0. The van der Waals surface area contributed by atoms with Crippen molar-refractivity contribution in [1.29, 1.82) is 0 Å². The molecule has 0 aliphatic carbocycles. The SMILES string of the molecule is Cl.N[C@@H](Cc1ccccc1)C(=O)Nc1ccc(C(=O)N2CCCCCC2)cc1. The highest BCUT2D eigenvalue weighted by molar-refractivity contribution is 5.97. The number of anilines is 1. The minimum Gasteiger partial charge on any atom is -0.339 e. The number of nitrogens with zero attached hydrogens (tertiary/aromatic N) is 1. The molecule has 1 aliphatic rings. The van der Waals surface area contributed by atoms with Gasteiger partial charge in [0, 0.05) is 24.3 Å². The summed E-state index contributed by atoms with van der Waals surface area (Å²) < 4.78 is 0. The van der Waals surface area contributed by atoms with Gasteiger partial charge in [-0.1, -0.05) is 43.2 Å². The summed E-state index contributed by atoms with van der Waals surface area (Å²) in [6, 6.07) is 16.1. The molecule has 150 valence electrons. The van der Waals surface area contributed by atoms with Crippen molar-refractivity contribution in [3.63, 3.8) is 0 Å². The van der Waals surface area contributed by atoms with Crippen LogP contribution in [-0.4, -0.2) is 35.8 Å². The van der Waals surface area contributed by atoms with Crippen LogP contribution in [0.3, 0.4) is 0 Å². The lowest BCUT2D eigenvalue weighted by Gasteiger charge is -2.20. The molecule has 1 atom stereocenters. The number of hydrogen-bond donors (Lipinski definition) is 2. The number of carbonyl (C=O) groups is 2. The summed E-state index contributed by atoms with van der Waals surface area (Å²) in [6.45, 7) is 1.65. The summed E-state index contributed by atoms with van der Waals surface area (Å²) in [5.74, 6) is -0.166. The number of nitrogens with two attached hydrogens (primary N) is 1. The number of halogens is 1. The number of benzene rings is 2. The highest BCUT2D eigenvalue weighted by atomic mass is 35.5. The number of hydrogen-bond acceptors (Lipinski definition) is 3. The first kappa shape index (κ1) is 21.9. The van der Waals surface area contributed by atoms with Gasteiger partial charge in [-0.2, -0.15) is 0 Å². The van der Waals surface area contributed by atoms with Crippen molar-refractivity contribution >= 4 is 29.9 Å². The Morgan fingerprint density at radius 3 is 2.14 bits per heavy atom. The standard InChI is InChI=1S/C22H27N3O2.ClH/c23-20(16-17-8-4-3-5-9-17)21(26)24-19-12-10-18(11-13-19)22(27)25-14-6-1-2-7-15-25;/h3-5,8-13,20H,1-2,6-7,14-16,23H2,(H,24,26);1H/t20-;/m0./s1. The fraction of sp³-hybridized carbons (Fsp3) is 0.364. The Bertz CT molecular complexity index is 757. The van der Waals surface area contributed by atoms with Crippen molar-refractivity contribution in [3.8, 4) is 0 Å². The van der Waals surface area contributed by atoms with Gasteiger partial charge in [-0.05, 0) is 49.1 Å². The second kappa shape index (κ2) is 10.8. The molecule has 2 aromatic carbocycles. The third-order valence-corrected chi connectivity index (χ3v) is 4.93. The van der Waals surface area contributed by atoms with E-state index in [1.165, 1.54) is 12.8 Å². The van der Waals surface area contributed by atoms with Gasteiger partial charge in [-0.15, -0.1) is 12.4 Å². The fourth-order valence-corrected chi connectivity index (χ4v) is 3.35. The van der Waals surface area contributed by atoms with Crippen LogP contribution in [0.1, 0.15) is 41.6 Å². The number of rotatable bonds is 5. The molecule has 28 heavy (non-hydrogen) atoms. The number of carbonyl (C=O) groups excluding carboxylic acids is 2. The van der Waals surface area contributed by atoms with Crippen molar-refractivity contribution in [2.24, 2.45) is 5.73 Å². The highest BCUT2D eigenvalue weighted by Gasteiger charge is 2.18. The van der Waals surface area contributed by atoms with Crippen molar-refractivity contribution in [2.45, 2.75) is 38.1 Å². The van der Waals surface area contributed by atoms with Crippen LogP contribution in [0.2, 0.25) is 0 Å². The maximum atomic E-state index is 12.6. The molecule has 0 saturated carbocycles. The molecule has 1 saturated heterocycles. The van der Waals surface area contributed by atoms with E-state index in [0.29, 0.717) is 17.7 Å². The number of nitrogens with one attached hydrogen (secondary N) is 1. The van der Waals surface area contributed by atoms with Gasteiger partial charge in [-0.25, -0.2) is 0 Å². The van der Waals surface area contributed by atoms with Gasteiger partial charge in [0.1, 0.15) is 0 Å². The quantitative estimate of drug-likeness (QED) is 0.803. The number of likely N-dealkylation sites (tertiary alicyclic amines) is 1. The van der Waals surface area contributed by atoms with E-state index in [1.807, 2.05) is 35.2 Å². The summed E-state index contributed by atoms with van der Waals surface area (Å²) in [7, 11) is 0. The predicted octanol–water partition coefficient (Wildman–Crippen LogP) is 3.63. The Morgan fingerprint density at radius 2 is 1.54 bits per heavy atom. The van der Waals surface area contributed by atoms with Crippen molar-refractivity contribution < 1.29 is 9.59 Å². The molecular weight excluding hydrogens is 374 g/mol. The largest absolute Gasteiger partial charge is 0.339 e. The first-order chi connectivity index (χ1) is 13.1. The smallest absolute Gasteiger partial charge is 0.253 e. The van der Waals surface area contributed by atoms with Crippen LogP contribution < -0.4 is 11.1 Å². The predicted molar refractivity (Wildman–Crippen MR) is 115 cm³/mol. The molecule has 5 nitrogen and oxygen atoms in total. The summed E-state index contributed by atoms with van der Waals surface area (Å²) in [4.78, 5) is 26.9. The summed E-state index contributed by atoms with van der Waals surface area (Å²) in [6.07, 6.45) is 5.01. The van der Waals surface area contributed by atoms with Gasteiger partial charge in [0.25, 0.3) is 5.91 Å². The van der Waals surface area contributed by atoms with Gasteiger partial charge in [0.05, 0.1) is 6.04 Å². The average Bonchev–Trinajstić information content (AvgIpc) is 2.98. The van der Waals surface area contributed by atoms with Gasteiger partial charge < -0.3 is 16.0 Å². The Morgan fingerprint density at radius 1 is 0.929 bits per heavy atom. The van der Waals surface area contributed by atoms with Crippen LogP contribution in [-0.2, 0) is 11.2 Å². The molecule has 0 radical (unpaired) electrons. The van der Waals surface area contributed by atoms with Gasteiger partial charge in [-0.3, -0.25) is 9.59 Å². The molecular formula is C22H28ClN3O2. The molecule has 0 aromatic heterocycles. The van der Waals surface area contributed by atoms with Crippen molar-refractivity contribution in [3.05, 3.63) is 65.7 Å². The molecule has 1 fully saturated rings. The minimum absolute atomic E-state index is 0. The third-order valence-electron chi connectivity index (χ3n) is 4.93. The zero-order chi connectivity index (χ0) is 19.1. The zero-order valence-corrected chi connectivity index (χ0v) is 16.8. The first-order valence-corrected chi connectivity index (χ1v) is 9.63. The Hall–Kier alpha value is -2.37. The third kappa shape index (κ3) is 6.08. The average molecular weight is 402 g/mol. The minimum atomic E-state index is -0.620. The van der Waals surface area contributed by atoms with Crippen LogP contribution in [0.15, 0.2) is 54.6 Å². The Kier molecular flexibility index (Phi) is 8.48. The van der Waals surface area contributed by atoms with E-state index in [-0.39, 0.29) is 24.2 Å². The molecule has 0 spiro atoms. The lowest BCUT2D eigenvalue weighted by atomic mass is 10.1. The second-order valence-corrected chi connectivity index (χ2v) is 7.07. The van der Waals surface area contributed by atoms with Crippen molar-refractivity contribution in [1.82, 2.24) is 4.90 Å². The molecule has 3 rings (SSSR count). The van der Waals surface area contributed by atoms with Crippen LogP contribution in [0.25, 0.3) is 0 Å². The van der Waals surface area contributed by atoms with E-state index < -0.39 is 6.04 Å². The van der Waals surface area contributed by atoms with Gasteiger partial charge >= 0.3 is 0 Å². The Balaban J connectivity index is 0.00000280. The monoisotopic (exact) mass is 401 g/mol. The van der Waals surface area contributed by atoms with E-state index in [0.717, 1.165) is 31.5 Å². The molecule has 1 aliphatic heterocycles. The van der Waals surface area contributed by atoms with E-state index in [4.69, 9.17) is 5.73 Å². The first-order valence-electron chi connectivity index (χ1n) is 9.63. The molecule has 1 heterocycles. The Labute approximate surface area is 172 Å². The van der Waals surface area contributed by atoms with E-state index in [2.05, 4.69) is 5.32 Å². The van der Waals surface area contributed by atoms with Crippen LogP contribution in [0, 0.1) is 0 Å². The van der Waals surface area contributed by atoms with Gasteiger partial charge in [0.2, 0.25) is 5.91 Å². The maximum absolute atomic E-state index is 12.6. The highest BCUT2D eigenvalue weighted by Crippen LogP contribution is 2.16. The van der Waals surface area contributed by atoms with Crippen LogP contribution in [0.5, 0.6) is 0 Å². The second-order valence-electron chi connectivity index (χ2n) is 7.07. The zero-order valence-electron chi connectivity index (χ0n) is 16.0. The molecule has 0 unspecified atom stereocenters. The molecule has 3 N–H and O–H groups in total. The molecule has 2 amide bonds. The topological polar surface area (TPSA) is 75.4 Å². The molecule has 0 bridgehead atoms. The van der Waals surface area contributed by atoms with E-state index in [9.17, 15) is 9.59 Å².